The summed E-state index contributed by atoms with van der Waals surface area (Å²) in [5.74, 6) is -0.291. The van der Waals surface area contributed by atoms with Crippen molar-refractivity contribution in [3.8, 4) is 0 Å². The van der Waals surface area contributed by atoms with Crippen LogP contribution >= 0.6 is 0 Å². The number of nitrogens with one attached hydrogen (secondary N) is 1. The molecule has 1 saturated heterocycles. The summed E-state index contributed by atoms with van der Waals surface area (Å²) in [5.41, 5.74) is 4.15. The molecule has 0 unspecified atom stereocenters. The Morgan fingerprint density at radius 2 is 1.55 bits per heavy atom. The molecule has 5 heteroatoms. The second kappa shape index (κ2) is 8.66. The number of nitrogens with zero attached hydrogens (tertiary/aromatic N) is 1. The van der Waals surface area contributed by atoms with Gasteiger partial charge in [0.25, 0.3) is 5.91 Å². The summed E-state index contributed by atoms with van der Waals surface area (Å²) in [6.45, 7) is 6.29. The average molecular weight is 419 g/mol. The second-order valence-electron chi connectivity index (χ2n) is 8.80. The van der Waals surface area contributed by atoms with Crippen LogP contribution in [0.2, 0.25) is 0 Å². The molecule has 5 nitrogen and oxygen atoms in total. The van der Waals surface area contributed by atoms with Gasteiger partial charge in [-0.1, -0.05) is 39.0 Å². The number of anilines is 2. The van der Waals surface area contributed by atoms with Gasteiger partial charge in [-0.2, -0.15) is 0 Å². The predicted molar refractivity (Wildman–Crippen MR) is 122 cm³/mol. The van der Waals surface area contributed by atoms with Gasteiger partial charge in [0.15, 0.2) is 0 Å². The second-order valence-corrected chi connectivity index (χ2v) is 8.80. The molecule has 2 aliphatic rings. The van der Waals surface area contributed by atoms with Gasteiger partial charge < -0.3 is 5.32 Å². The van der Waals surface area contributed by atoms with Crippen LogP contribution in [0.3, 0.4) is 0 Å². The minimum Gasteiger partial charge on any atom is -0.321 e. The van der Waals surface area contributed by atoms with Crippen molar-refractivity contribution in [1.29, 1.82) is 0 Å². The molecule has 1 aliphatic carbocycles. The molecule has 1 heterocycles. The molecule has 4 rings (SSSR count). The van der Waals surface area contributed by atoms with Crippen molar-refractivity contribution in [3.05, 3.63) is 59.2 Å². The molecule has 2 aromatic carbocycles. The van der Waals surface area contributed by atoms with Gasteiger partial charge in [-0.15, -0.1) is 0 Å². The van der Waals surface area contributed by atoms with E-state index >= 15 is 0 Å². The Morgan fingerprint density at radius 3 is 2.16 bits per heavy atom. The molecular formula is C26H30N2O3. The number of aryl methyl sites for hydroxylation is 2. The maximum absolute atomic E-state index is 12.9. The molecule has 162 valence electrons. The summed E-state index contributed by atoms with van der Waals surface area (Å²) >= 11 is 0. The largest absolute Gasteiger partial charge is 0.321 e. The number of carbonyl (C=O) groups excluding carboxylic acids is 3. The van der Waals surface area contributed by atoms with Gasteiger partial charge in [0.05, 0.1) is 17.5 Å². The van der Waals surface area contributed by atoms with Crippen LogP contribution in [0.25, 0.3) is 0 Å². The first kappa shape index (κ1) is 21.3. The Balaban J connectivity index is 1.53. The standard InChI is InChI=1S/C26H30N2O3/c1-4-17-7-6-8-18(5-2)23(17)27-24(29)19-10-12-20(13-11-19)28-25(30)21-14-9-16(3)15-22(21)26(28)31/h6-8,10-13,16,21-22H,4-5,9,14-15H2,1-3H3,(H,27,29)/t16-,21-,22+/m1/s1. The summed E-state index contributed by atoms with van der Waals surface area (Å²) in [7, 11) is 0. The number of amides is 3. The number of imide groups is 1. The summed E-state index contributed by atoms with van der Waals surface area (Å²) in [6.07, 6.45) is 4.23. The van der Waals surface area contributed by atoms with Gasteiger partial charge in [-0.05, 0) is 73.4 Å². The van der Waals surface area contributed by atoms with Crippen LogP contribution in [0, 0.1) is 17.8 Å². The van der Waals surface area contributed by atoms with Crippen molar-refractivity contribution in [3.63, 3.8) is 0 Å². The first-order chi connectivity index (χ1) is 14.9. The molecule has 0 aromatic heterocycles. The third-order valence-corrected chi connectivity index (χ3v) is 6.81. The molecule has 2 aromatic rings. The van der Waals surface area contributed by atoms with Crippen molar-refractivity contribution < 1.29 is 14.4 Å². The Labute approximate surface area is 183 Å². The van der Waals surface area contributed by atoms with E-state index in [0.29, 0.717) is 17.2 Å². The fourth-order valence-electron chi connectivity index (χ4n) is 4.99. The molecule has 0 radical (unpaired) electrons. The first-order valence-corrected chi connectivity index (χ1v) is 11.3. The van der Waals surface area contributed by atoms with Crippen LogP contribution < -0.4 is 10.2 Å². The minimum atomic E-state index is -0.197. The zero-order chi connectivity index (χ0) is 22.1. The number of carbonyl (C=O) groups is 3. The predicted octanol–water partition coefficient (Wildman–Crippen LogP) is 4.99. The van der Waals surface area contributed by atoms with Crippen molar-refractivity contribution >= 4 is 29.1 Å². The highest BCUT2D eigenvalue weighted by Gasteiger charge is 2.49. The third kappa shape index (κ3) is 3.89. The molecule has 1 N–H and O–H groups in total. The van der Waals surface area contributed by atoms with Crippen LogP contribution in [0.5, 0.6) is 0 Å². The smallest absolute Gasteiger partial charge is 0.255 e. The summed E-state index contributed by atoms with van der Waals surface area (Å²) in [5, 5.41) is 3.06. The quantitative estimate of drug-likeness (QED) is 0.696. The van der Waals surface area contributed by atoms with E-state index in [-0.39, 0.29) is 29.6 Å². The molecule has 0 bridgehead atoms. The summed E-state index contributed by atoms with van der Waals surface area (Å²) in [6, 6.07) is 12.9. The van der Waals surface area contributed by atoms with Crippen LogP contribution in [0.1, 0.15) is 61.5 Å². The lowest BCUT2D eigenvalue weighted by Gasteiger charge is -2.25. The summed E-state index contributed by atoms with van der Waals surface area (Å²) in [4.78, 5) is 40.0. The molecule has 1 aliphatic heterocycles. The maximum Gasteiger partial charge on any atom is 0.255 e. The Bertz CT molecular complexity index is 990. The van der Waals surface area contributed by atoms with Gasteiger partial charge in [-0.3, -0.25) is 19.3 Å². The fraction of sp³-hybridized carbons (Fsp3) is 0.423. The van der Waals surface area contributed by atoms with E-state index in [1.54, 1.807) is 24.3 Å². The average Bonchev–Trinajstić information content (AvgIpc) is 3.03. The molecule has 1 saturated carbocycles. The Kier molecular flexibility index (Phi) is 5.94. The number of hydrogen-bond donors (Lipinski definition) is 1. The third-order valence-electron chi connectivity index (χ3n) is 6.81. The van der Waals surface area contributed by atoms with E-state index in [1.807, 2.05) is 18.2 Å². The SMILES string of the molecule is CCc1cccc(CC)c1NC(=O)c1ccc(N2C(=O)[C@H]3C[C@H](C)CC[C@H]3C2=O)cc1. The monoisotopic (exact) mass is 418 g/mol. The molecule has 31 heavy (non-hydrogen) atoms. The lowest BCUT2D eigenvalue weighted by molar-refractivity contribution is -0.122. The van der Waals surface area contributed by atoms with E-state index in [2.05, 4.69) is 26.1 Å². The normalized spacial score (nSPS) is 23.1. The van der Waals surface area contributed by atoms with Crippen LogP contribution in [-0.2, 0) is 22.4 Å². The van der Waals surface area contributed by atoms with Gasteiger partial charge in [-0.25, -0.2) is 0 Å². The van der Waals surface area contributed by atoms with Crippen LogP contribution in [-0.4, -0.2) is 17.7 Å². The van der Waals surface area contributed by atoms with E-state index in [9.17, 15) is 14.4 Å². The van der Waals surface area contributed by atoms with Gasteiger partial charge in [0.1, 0.15) is 0 Å². The lowest BCUT2D eigenvalue weighted by Crippen LogP contribution is -2.30. The zero-order valence-corrected chi connectivity index (χ0v) is 18.5. The first-order valence-electron chi connectivity index (χ1n) is 11.3. The highest BCUT2D eigenvalue weighted by molar-refractivity contribution is 6.22. The topological polar surface area (TPSA) is 66.5 Å². The van der Waals surface area contributed by atoms with Crippen molar-refractivity contribution in [2.45, 2.75) is 52.9 Å². The highest BCUT2D eigenvalue weighted by Crippen LogP contribution is 2.42. The Morgan fingerprint density at radius 1 is 0.935 bits per heavy atom. The van der Waals surface area contributed by atoms with Gasteiger partial charge in [0.2, 0.25) is 11.8 Å². The number of hydrogen-bond acceptors (Lipinski definition) is 3. The highest BCUT2D eigenvalue weighted by atomic mass is 16.2. The van der Waals surface area contributed by atoms with Crippen LogP contribution in [0.15, 0.2) is 42.5 Å². The summed E-state index contributed by atoms with van der Waals surface area (Å²) < 4.78 is 0. The van der Waals surface area contributed by atoms with E-state index in [4.69, 9.17) is 0 Å². The van der Waals surface area contributed by atoms with E-state index < -0.39 is 0 Å². The molecular weight excluding hydrogens is 388 g/mol. The van der Waals surface area contributed by atoms with E-state index in [1.165, 1.54) is 4.90 Å². The van der Waals surface area contributed by atoms with Crippen molar-refractivity contribution in [1.82, 2.24) is 0 Å². The van der Waals surface area contributed by atoms with Crippen LogP contribution in [0.4, 0.5) is 11.4 Å². The van der Waals surface area contributed by atoms with Crippen molar-refractivity contribution in [2.24, 2.45) is 17.8 Å². The number of fused-ring (bicyclic) bond motifs is 1. The zero-order valence-electron chi connectivity index (χ0n) is 18.5. The maximum atomic E-state index is 12.9. The van der Waals surface area contributed by atoms with Gasteiger partial charge >= 0.3 is 0 Å². The molecule has 3 amide bonds. The molecule has 0 spiro atoms. The number of rotatable bonds is 5. The lowest BCUT2D eigenvalue weighted by atomic mass is 9.76. The minimum absolute atomic E-state index is 0.0939. The molecule has 3 atom stereocenters. The number of benzene rings is 2. The van der Waals surface area contributed by atoms with E-state index in [0.717, 1.165) is 48.9 Å². The Hall–Kier alpha value is -2.95. The van der Waals surface area contributed by atoms with Gasteiger partial charge in [0, 0.05) is 11.3 Å². The fourth-order valence-corrected chi connectivity index (χ4v) is 4.99. The molecule has 2 fully saturated rings. The number of para-hydroxylation sites is 1. The van der Waals surface area contributed by atoms with Crippen molar-refractivity contribution in [2.75, 3.05) is 10.2 Å².